The summed E-state index contributed by atoms with van der Waals surface area (Å²) in [5.74, 6) is 1.08. The number of anilines is 1. The van der Waals surface area contributed by atoms with Gasteiger partial charge >= 0.3 is 0 Å². The predicted octanol–water partition coefficient (Wildman–Crippen LogP) is 3.44. The fourth-order valence-corrected chi connectivity index (χ4v) is 3.77. The fourth-order valence-electron chi connectivity index (χ4n) is 3.77. The number of likely N-dealkylation sites (tertiary alicyclic amines) is 1. The van der Waals surface area contributed by atoms with Gasteiger partial charge in [0.15, 0.2) is 0 Å². The van der Waals surface area contributed by atoms with Gasteiger partial charge < -0.3 is 15.0 Å². The third-order valence-corrected chi connectivity index (χ3v) is 5.51. The first-order valence-corrected chi connectivity index (χ1v) is 10.0. The van der Waals surface area contributed by atoms with Crippen molar-refractivity contribution >= 4 is 28.5 Å². The van der Waals surface area contributed by atoms with Gasteiger partial charge in [-0.05, 0) is 50.1 Å². The number of hydrogen-bond donors (Lipinski definition) is 1. The van der Waals surface area contributed by atoms with E-state index in [2.05, 4.69) is 15.3 Å². The smallest absolute Gasteiger partial charge is 0.255 e. The monoisotopic (exact) mass is 404 g/mol. The van der Waals surface area contributed by atoms with Gasteiger partial charge in [-0.1, -0.05) is 6.07 Å². The normalized spacial score (nSPS) is 14.5. The van der Waals surface area contributed by atoms with Gasteiger partial charge in [-0.3, -0.25) is 14.6 Å². The Hall–Kier alpha value is -3.48. The van der Waals surface area contributed by atoms with Crippen LogP contribution in [0, 0.1) is 12.8 Å². The van der Waals surface area contributed by atoms with Crippen molar-refractivity contribution in [1.82, 2.24) is 14.9 Å². The molecule has 0 spiro atoms. The third-order valence-electron chi connectivity index (χ3n) is 5.51. The quantitative estimate of drug-likeness (QED) is 0.720. The maximum absolute atomic E-state index is 13.1. The van der Waals surface area contributed by atoms with Crippen LogP contribution in [0.25, 0.3) is 10.9 Å². The topological polar surface area (TPSA) is 84.4 Å². The zero-order chi connectivity index (χ0) is 21.1. The van der Waals surface area contributed by atoms with E-state index in [1.165, 1.54) is 0 Å². The number of nitrogens with zero attached hydrogens (tertiary/aromatic N) is 3. The number of pyridine rings is 2. The van der Waals surface area contributed by atoms with Crippen LogP contribution in [0.15, 0.2) is 48.7 Å². The summed E-state index contributed by atoms with van der Waals surface area (Å²) >= 11 is 0. The number of ether oxygens (including phenoxy) is 1. The van der Waals surface area contributed by atoms with E-state index in [1.807, 2.05) is 42.2 Å². The largest absolute Gasteiger partial charge is 0.497 e. The molecular weight excluding hydrogens is 380 g/mol. The second-order valence-electron chi connectivity index (χ2n) is 7.45. The molecule has 30 heavy (non-hydrogen) atoms. The number of methoxy groups -OCH3 is 1. The Balaban J connectivity index is 1.43. The minimum absolute atomic E-state index is 0.0405. The molecule has 1 fully saturated rings. The lowest BCUT2D eigenvalue weighted by atomic mass is 9.95. The fraction of sp³-hybridized carbons (Fsp3) is 0.304. The van der Waals surface area contributed by atoms with Crippen molar-refractivity contribution in [2.24, 2.45) is 5.92 Å². The number of aryl methyl sites for hydroxylation is 1. The van der Waals surface area contributed by atoms with Gasteiger partial charge in [0.25, 0.3) is 5.91 Å². The lowest BCUT2D eigenvalue weighted by Gasteiger charge is -2.31. The lowest BCUT2D eigenvalue weighted by Crippen LogP contribution is -2.41. The molecule has 1 N–H and O–H groups in total. The number of carbonyl (C=O) groups excluding carboxylic acids is 2. The van der Waals surface area contributed by atoms with Gasteiger partial charge in [-0.25, -0.2) is 4.98 Å². The van der Waals surface area contributed by atoms with Crippen molar-refractivity contribution in [3.05, 3.63) is 59.9 Å². The Kier molecular flexibility index (Phi) is 5.61. The molecule has 4 rings (SSSR count). The minimum atomic E-state index is -0.126. The predicted molar refractivity (Wildman–Crippen MR) is 115 cm³/mol. The van der Waals surface area contributed by atoms with Crippen LogP contribution >= 0.6 is 0 Å². The number of hydrogen-bond acceptors (Lipinski definition) is 5. The summed E-state index contributed by atoms with van der Waals surface area (Å²) in [5.41, 5.74) is 2.09. The maximum atomic E-state index is 13.1. The van der Waals surface area contributed by atoms with Crippen molar-refractivity contribution in [2.45, 2.75) is 19.8 Å². The van der Waals surface area contributed by atoms with Gasteiger partial charge in [0.2, 0.25) is 5.91 Å². The van der Waals surface area contributed by atoms with Gasteiger partial charge in [0.1, 0.15) is 11.6 Å². The molecule has 2 aromatic heterocycles. The average Bonchev–Trinajstić information content (AvgIpc) is 2.78. The van der Waals surface area contributed by atoms with E-state index >= 15 is 0 Å². The molecular formula is C23H24N4O3. The van der Waals surface area contributed by atoms with Crippen molar-refractivity contribution in [3.8, 4) is 5.75 Å². The zero-order valence-electron chi connectivity index (χ0n) is 17.1. The van der Waals surface area contributed by atoms with Crippen molar-refractivity contribution < 1.29 is 14.3 Å². The van der Waals surface area contributed by atoms with E-state index in [0.29, 0.717) is 43.0 Å². The van der Waals surface area contributed by atoms with Gasteiger partial charge in [0.05, 0.1) is 23.9 Å². The molecule has 0 aliphatic carbocycles. The summed E-state index contributed by atoms with van der Waals surface area (Å²) in [5, 5.41) is 3.75. The number of aromatic nitrogens is 2. The van der Waals surface area contributed by atoms with E-state index in [4.69, 9.17) is 4.74 Å². The van der Waals surface area contributed by atoms with Crippen molar-refractivity contribution in [2.75, 3.05) is 25.5 Å². The number of rotatable bonds is 4. The number of amides is 2. The average molecular weight is 404 g/mol. The van der Waals surface area contributed by atoms with Gasteiger partial charge in [-0.15, -0.1) is 0 Å². The second kappa shape index (κ2) is 8.49. The zero-order valence-corrected chi connectivity index (χ0v) is 17.1. The van der Waals surface area contributed by atoms with Crippen molar-refractivity contribution in [3.63, 3.8) is 0 Å². The molecule has 1 aliphatic rings. The molecule has 0 atom stereocenters. The van der Waals surface area contributed by atoms with Crippen LogP contribution in [0.1, 0.15) is 28.9 Å². The molecule has 0 bridgehead atoms. The molecule has 1 saturated heterocycles. The first-order chi connectivity index (χ1) is 14.5. The summed E-state index contributed by atoms with van der Waals surface area (Å²) in [4.78, 5) is 36.1. The number of fused-ring (bicyclic) bond motifs is 1. The summed E-state index contributed by atoms with van der Waals surface area (Å²) in [6.45, 7) is 2.93. The van der Waals surface area contributed by atoms with Crippen LogP contribution in [-0.2, 0) is 4.79 Å². The SMILES string of the molecule is COc1ccc2cc(C(=O)N3CCC(C(=O)Nc4ccccn4)CC3)c(C)nc2c1. The molecule has 7 heteroatoms. The van der Waals surface area contributed by atoms with Crippen molar-refractivity contribution in [1.29, 1.82) is 0 Å². The van der Waals surface area contributed by atoms with Crippen LogP contribution in [0.2, 0.25) is 0 Å². The van der Waals surface area contributed by atoms with E-state index in [9.17, 15) is 9.59 Å². The molecule has 154 valence electrons. The molecule has 0 unspecified atom stereocenters. The Morgan fingerprint density at radius 3 is 2.63 bits per heavy atom. The van der Waals surface area contributed by atoms with Crippen LogP contribution in [0.4, 0.5) is 5.82 Å². The molecule has 0 saturated carbocycles. The van der Waals surface area contributed by atoms with E-state index < -0.39 is 0 Å². The summed E-state index contributed by atoms with van der Waals surface area (Å²) in [6.07, 6.45) is 2.90. The highest BCUT2D eigenvalue weighted by molar-refractivity contribution is 5.99. The summed E-state index contributed by atoms with van der Waals surface area (Å²) < 4.78 is 5.25. The molecule has 1 aliphatic heterocycles. The summed E-state index contributed by atoms with van der Waals surface area (Å²) in [7, 11) is 1.62. The van der Waals surface area contributed by atoms with Gasteiger partial charge in [-0.2, -0.15) is 0 Å². The minimum Gasteiger partial charge on any atom is -0.497 e. The Morgan fingerprint density at radius 2 is 1.93 bits per heavy atom. The highest BCUT2D eigenvalue weighted by Gasteiger charge is 2.29. The van der Waals surface area contributed by atoms with E-state index in [-0.39, 0.29) is 17.7 Å². The molecule has 7 nitrogen and oxygen atoms in total. The first-order valence-electron chi connectivity index (χ1n) is 10.0. The number of nitrogens with one attached hydrogen (secondary N) is 1. The Bertz CT molecular complexity index is 1080. The Labute approximate surface area is 175 Å². The van der Waals surface area contributed by atoms with Crippen LogP contribution in [0.5, 0.6) is 5.75 Å². The molecule has 2 amide bonds. The van der Waals surface area contributed by atoms with E-state index in [1.54, 1.807) is 25.4 Å². The number of piperidine rings is 1. The summed E-state index contributed by atoms with van der Waals surface area (Å²) in [6, 6.07) is 12.9. The number of carbonyl (C=O) groups is 2. The second-order valence-corrected chi connectivity index (χ2v) is 7.45. The molecule has 3 heterocycles. The van der Waals surface area contributed by atoms with Gasteiger partial charge in [0, 0.05) is 36.7 Å². The highest BCUT2D eigenvalue weighted by atomic mass is 16.5. The third kappa shape index (κ3) is 4.10. The van der Waals surface area contributed by atoms with Crippen LogP contribution in [0.3, 0.4) is 0 Å². The molecule has 3 aromatic rings. The lowest BCUT2D eigenvalue weighted by molar-refractivity contribution is -0.121. The molecule has 0 radical (unpaired) electrons. The number of benzene rings is 1. The van der Waals surface area contributed by atoms with E-state index in [0.717, 1.165) is 16.7 Å². The Morgan fingerprint density at radius 1 is 1.13 bits per heavy atom. The maximum Gasteiger partial charge on any atom is 0.255 e. The molecule has 1 aromatic carbocycles. The van der Waals surface area contributed by atoms with Crippen LogP contribution in [-0.4, -0.2) is 46.9 Å². The highest BCUT2D eigenvalue weighted by Crippen LogP contribution is 2.25. The van der Waals surface area contributed by atoms with Crippen LogP contribution < -0.4 is 10.1 Å². The standard InChI is InChI=1S/C23H24N4O3/c1-15-19(13-17-6-7-18(30-2)14-20(17)25-15)23(29)27-11-8-16(9-12-27)22(28)26-21-5-3-4-10-24-21/h3-7,10,13-14,16H,8-9,11-12H2,1-2H3,(H,24,26,28). The first kappa shape index (κ1) is 19.8.